The lowest BCUT2D eigenvalue weighted by molar-refractivity contribution is 0.0818. The number of fused-ring (bicyclic) bond motifs is 1. The van der Waals surface area contributed by atoms with Crippen molar-refractivity contribution in [2.75, 3.05) is 0 Å². The fourth-order valence-corrected chi connectivity index (χ4v) is 3.16. The zero-order valence-electron chi connectivity index (χ0n) is 11.2. The Balaban J connectivity index is 1.99. The van der Waals surface area contributed by atoms with Gasteiger partial charge < -0.3 is 16.5 Å². The normalized spacial score (nSPS) is 26.9. The van der Waals surface area contributed by atoms with Crippen LogP contribution in [0.2, 0.25) is 5.02 Å². The summed E-state index contributed by atoms with van der Waals surface area (Å²) >= 11 is 5.96. The Labute approximate surface area is 122 Å². The molecule has 0 amide bonds. The number of carbonyl (C=O) groups excluding carboxylic acids is 1. The zero-order chi connectivity index (χ0) is 14.3. The Hall–Kier alpha value is -1.36. The topological polar surface area (TPSA) is 84.9 Å². The first-order valence-corrected chi connectivity index (χ1v) is 7.26. The van der Waals surface area contributed by atoms with Crippen LogP contribution in [0.25, 0.3) is 10.9 Å². The first-order valence-electron chi connectivity index (χ1n) is 6.88. The van der Waals surface area contributed by atoms with E-state index in [-0.39, 0.29) is 11.8 Å². The van der Waals surface area contributed by atoms with E-state index < -0.39 is 5.54 Å². The molecule has 0 radical (unpaired) electrons. The van der Waals surface area contributed by atoms with Crippen molar-refractivity contribution in [2.24, 2.45) is 11.5 Å². The molecule has 2 aromatic rings. The first kappa shape index (κ1) is 13.6. The van der Waals surface area contributed by atoms with Gasteiger partial charge in [0.1, 0.15) is 0 Å². The maximum Gasteiger partial charge on any atom is 0.200 e. The molecule has 1 heterocycles. The Morgan fingerprint density at radius 2 is 2.15 bits per heavy atom. The van der Waals surface area contributed by atoms with Crippen molar-refractivity contribution < 1.29 is 4.79 Å². The van der Waals surface area contributed by atoms with Crippen LogP contribution in [0.4, 0.5) is 0 Å². The first-order chi connectivity index (χ1) is 9.50. The second kappa shape index (κ2) is 4.88. The number of nitrogens with one attached hydrogen (secondary N) is 1. The molecule has 106 valence electrons. The minimum absolute atomic E-state index is 0.1000. The molecule has 0 saturated heterocycles. The third-order valence-electron chi connectivity index (χ3n) is 4.27. The van der Waals surface area contributed by atoms with E-state index in [4.69, 9.17) is 23.1 Å². The molecule has 1 aliphatic rings. The van der Waals surface area contributed by atoms with E-state index in [1.54, 1.807) is 12.1 Å². The van der Waals surface area contributed by atoms with Crippen LogP contribution in [0.1, 0.15) is 36.2 Å². The summed E-state index contributed by atoms with van der Waals surface area (Å²) in [6.07, 6.45) is 3.43. The van der Waals surface area contributed by atoms with Crippen molar-refractivity contribution in [1.82, 2.24) is 4.98 Å². The van der Waals surface area contributed by atoms with E-state index in [0.717, 1.165) is 30.2 Å². The highest BCUT2D eigenvalue weighted by Gasteiger charge is 2.42. The second-order valence-electron chi connectivity index (χ2n) is 5.64. The van der Waals surface area contributed by atoms with Gasteiger partial charge in [-0.2, -0.15) is 0 Å². The van der Waals surface area contributed by atoms with Crippen LogP contribution in [0.5, 0.6) is 0 Å². The molecular formula is C15H18ClN3O. The number of halogens is 1. The predicted octanol–water partition coefficient (Wildman–Crippen LogP) is 2.60. The largest absolute Gasteiger partial charge is 0.352 e. The van der Waals surface area contributed by atoms with Crippen LogP contribution in [0.3, 0.4) is 0 Å². The lowest BCUT2D eigenvalue weighted by atomic mass is 9.75. The van der Waals surface area contributed by atoms with E-state index in [1.165, 1.54) is 0 Å². The Kier molecular flexibility index (Phi) is 3.32. The minimum atomic E-state index is -0.955. The number of Topliss-reactive ketones (excluding diaryl/α,β-unsaturated/α-hetero) is 1. The fourth-order valence-electron chi connectivity index (χ4n) is 2.98. The fraction of sp³-hybridized carbons (Fsp3) is 0.400. The molecule has 1 aromatic carbocycles. The van der Waals surface area contributed by atoms with Crippen molar-refractivity contribution >= 4 is 28.3 Å². The summed E-state index contributed by atoms with van der Waals surface area (Å²) < 4.78 is 0. The molecule has 4 nitrogen and oxygen atoms in total. The van der Waals surface area contributed by atoms with Crippen LogP contribution in [-0.2, 0) is 0 Å². The van der Waals surface area contributed by atoms with Gasteiger partial charge in [-0.3, -0.25) is 4.79 Å². The zero-order valence-corrected chi connectivity index (χ0v) is 11.9. The van der Waals surface area contributed by atoms with Gasteiger partial charge in [0.05, 0.1) is 11.2 Å². The van der Waals surface area contributed by atoms with E-state index in [0.29, 0.717) is 17.1 Å². The standard InChI is InChI=1S/C15H18ClN3O/c16-10-4-5-11-9(7-10)8-12(19-11)14(20)15(18)6-2-1-3-13(15)17/h4-5,7-8,13,19H,1-3,6,17-18H2. The Morgan fingerprint density at radius 3 is 2.90 bits per heavy atom. The van der Waals surface area contributed by atoms with E-state index >= 15 is 0 Å². The van der Waals surface area contributed by atoms with Crippen LogP contribution < -0.4 is 11.5 Å². The number of aromatic nitrogens is 1. The number of carbonyl (C=O) groups is 1. The van der Waals surface area contributed by atoms with Crippen LogP contribution in [0, 0.1) is 0 Å². The van der Waals surface area contributed by atoms with Crippen molar-refractivity contribution in [1.29, 1.82) is 0 Å². The molecule has 0 aliphatic heterocycles. The number of ketones is 1. The molecule has 20 heavy (non-hydrogen) atoms. The summed E-state index contributed by atoms with van der Waals surface area (Å²) in [4.78, 5) is 15.8. The highest BCUT2D eigenvalue weighted by atomic mass is 35.5. The monoisotopic (exact) mass is 291 g/mol. The summed E-state index contributed by atoms with van der Waals surface area (Å²) in [6.45, 7) is 0. The number of hydrogen-bond donors (Lipinski definition) is 3. The molecular weight excluding hydrogens is 274 g/mol. The number of rotatable bonds is 2. The number of H-pyrrole nitrogens is 1. The van der Waals surface area contributed by atoms with Gasteiger partial charge in [0.2, 0.25) is 0 Å². The smallest absolute Gasteiger partial charge is 0.200 e. The summed E-state index contributed by atoms with van der Waals surface area (Å²) in [6, 6.07) is 7.00. The minimum Gasteiger partial charge on any atom is -0.352 e. The third-order valence-corrected chi connectivity index (χ3v) is 4.50. The van der Waals surface area contributed by atoms with Crippen molar-refractivity contribution in [2.45, 2.75) is 37.3 Å². The summed E-state index contributed by atoms with van der Waals surface area (Å²) in [5, 5.41) is 1.56. The molecule has 1 aromatic heterocycles. The molecule has 3 rings (SSSR count). The van der Waals surface area contributed by atoms with Gasteiger partial charge in [-0.25, -0.2) is 0 Å². The second-order valence-corrected chi connectivity index (χ2v) is 6.07. The van der Waals surface area contributed by atoms with Gasteiger partial charge >= 0.3 is 0 Å². The van der Waals surface area contributed by atoms with Crippen LogP contribution >= 0.6 is 11.6 Å². The third kappa shape index (κ3) is 2.14. The number of hydrogen-bond acceptors (Lipinski definition) is 3. The van der Waals surface area contributed by atoms with Gasteiger partial charge in [0, 0.05) is 22.0 Å². The van der Waals surface area contributed by atoms with Crippen LogP contribution in [0.15, 0.2) is 24.3 Å². The average Bonchev–Trinajstić information content (AvgIpc) is 2.84. The van der Waals surface area contributed by atoms with Gasteiger partial charge in [-0.05, 0) is 37.1 Å². The van der Waals surface area contributed by atoms with Gasteiger partial charge in [0.25, 0.3) is 0 Å². The van der Waals surface area contributed by atoms with E-state index in [2.05, 4.69) is 4.98 Å². The van der Waals surface area contributed by atoms with Gasteiger partial charge in [-0.1, -0.05) is 24.4 Å². The molecule has 0 spiro atoms. The molecule has 5 N–H and O–H groups in total. The predicted molar refractivity (Wildman–Crippen MR) is 81.0 cm³/mol. The molecule has 2 unspecified atom stereocenters. The molecule has 1 fully saturated rings. The quantitative estimate of drug-likeness (QED) is 0.744. The lowest BCUT2D eigenvalue weighted by Gasteiger charge is -2.37. The molecule has 1 saturated carbocycles. The lowest BCUT2D eigenvalue weighted by Crippen LogP contribution is -2.62. The Morgan fingerprint density at radius 1 is 1.35 bits per heavy atom. The maximum absolute atomic E-state index is 12.7. The van der Waals surface area contributed by atoms with E-state index in [1.807, 2.05) is 12.1 Å². The highest BCUT2D eigenvalue weighted by Crippen LogP contribution is 2.29. The van der Waals surface area contributed by atoms with Crippen molar-refractivity contribution in [3.8, 4) is 0 Å². The van der Waals surface area contributed by atoms with Crippen molar-refractivity contribution in [3.63, 3.8) is 0 Å². The maximum atomic E-state index is 12.7. The summed E-state index contributed by atoms with van der Waals surface area (Å²) in [5.74, 6) is -0.1000. The Bertz CT molecular complexity index is 666. The van der Waals surface area contributed by atoms with Crippen LogP contribution in [-0.4, -0.2) is 22.3 Å². The molecule has 0 bridgehead atoms. The van der Waals surface area contributed by atoms with E-state index in [9.17, 15) is 4.79 Å². The molecule has 2 atom stereocenters. The summed E-state index contributed by atoms with van der Waals surface area (Å²) in [5.41, 5.74) is 12.8. The van der Waals surface area contributed by atoms with Gasteiger partial charge in [0.15, 0.2) is 5.78 Å². The number of benzene rings is 1. The number of aromatic amines is 1. The summed E-state index contributed by atoms with van der Waals surface area (Å²) in [7, 11) is 0. The highest BCUT2D eigenvalue weighted by molar-refractivity contribution is 6.31. The molecule has 1 aliphatic carbocycles. The average molecular weight is 292 g/mol. The SMILES string of the molecule is NC1CCCCC1(N)C(=O)c1cc2cc(Cl)ccc2[nH]1. The van der Waals surface area contributed by atoms with Crippen molar-refractivity contribution in [3.05, 3.63) is 35.0 Å². The number of nitrogens with two attached hydrogens (primary N) is 2. The van der Waals surface area contributed by atoms with Gasteiger partial charge in [-0.15, -0.1) is 0 Å². The molecule has 5 heteroatoms.